The molecule has 5 nitrogen and oxygen atoms in total. The van der Waals surface area contributed by atoms with Gasteiger partial charge < -0.3 is 15.3 Å². The molecule has 2 heterocycles. The number of carbonyl (C=O) groups is 1. The van der Waals surface area contributed by atoms with E-state index < -0.39 is 5.97 Å². The van der Waals surface area contributed by atoms with Crippen molar-refractivity contribution in [2.75, 3.05) is 25.0 Å². The minimum Gasteiger partial charge on any atom is -0.478 e. The highest BCUT2D eigenvalue weighted by Gasteiger charge is 2.17. The van der Waals surface area contributed by atoms with Crippen molar-refractivity contribution in [1.29, 1.82) is 0 Å². The largest absolute Gasteiger partial charge is 0.478 e. The summed E-state index contributed by atoms with van der Waals surface area (Å²) in [5.41, 5.74) is 1.01. The Labute approximate surface area is 126 Å². The van der Waals surface area contributed by atoms with Gasteiger partial charge in [-0.1, -0.05) is 6.42 Å². The first-order chi connectivity index (χ1) is 10.1. The number of likely N-dealkylation sites (tertiary alicyclic amines) is 1. The Morgan fingerprint density at radius 2 is 2.29 bits per heavy atom. The van der Waals surface area contributed by atoms with Gasteiger partial charge in [0, 0.05) is 24.8 Å². The van der Waals surface area contributed by atoms with E-state index in [0.29, 0.717) is 11.9 Å². The van der Waals surface area contributed by atoms with Gasteiger partial charge in [0.25, 0.3) is 0 Å². The van der Waals surface area contributed by atoms with E-state index in [2.05, 4.69) is 22.1 Å². The quantitative estimate of drug-likeness (QED) is 0.789. The van der Waals surface area contributed by atoms with E-state index in [-0.39, 0.29) is 5.56 Å². The fourth-order valence-electron chi connectivity index (χ4n) is 2.87. The molecular weight excluding hydrogens is 266 g/mol. The first-order valence-electron chi connectivity index (χ1n) is 7.76. The molecule has 1 aromatic rings. The lowest BCUT2D eigenvalue weighted by atomic mass is 10.0. The number of nitrogens with zero attached hydrogens (tertiary/aromatic N) is 2. The zero-order valence-electron chi connectivity index (χ0n) is 12.9. The number of aromatic nitrogens is 1. The molecule has 1 saturated heterocycles. The van der Waals surface area contributed by atoms with Gasteiger partial charge in [0.15, 0.2) is 0 Å². The van der Waals surface area contributed by atoms with Gasteiger partial charge in [0.2, 0.25) is 0 Å². The first kappa shape index (κ1) is 15.8. The van der Waals surface area contributed by atoms with Crippen molar-refractivity contribution in [3.63, 3.8) is 0 Å². The van der Waals surface area contributed by atoms with E-state index in [0.717, 1.165) is 25.2 Å². The van der Waals surface area contributed by atoms with Crippen LogP contribution in [0.25, 0.3) is 0 Å². The number of carboxylic acid groups (broad SMARTS) is 1. The third kappa shape index (κ3) is 4.70. The molecule has 1 unspecified atom stereocenters. The topological polar surface area (TPSA) is 65.5 Å². The van der Waals surface area contributed by atoms with Gasteiger partial charge in [-0.3, -0.25) is 0 Å². The summed E-state index contributed by atoms with van der Waals surface area (Å²) in [7, 11) is 0. The van der Waals surface area contributed by atoms with Crippen molar-refractivity contribution in [3.05, 3.63) is 23.4 Å². The number of hydrogen-bond acceptors (Lipinski definition) is 4. The molecule has 116 valence electrons. The number of aromatic carboxylic acids is 1. The number of hydrogen-bond donors (Lipinski definition) is 2. The summed E-state index contributed by atoms with van der Waals surface area (Å²) in [5, 5.41) is 12.3. The van der Waals surface area contributed by atoms with Crippen molar-refractivity contribution >= 4 is 11.8 Å². The molecule has 0 radical (unpaired) electrons. The summed E-state index contributed by atoms with van der Waals surface area (Å²) in [4.78, 5) is 17.9. The average Bonchev–Trinajstić information content (AvgIpc) is 2.44. The molecule has 0 spiro atoms. The zero-order valence-corrected chi connectivity index (χ0v) is 12.9. The lowest BCUT2D eigenvalue weighted by Gasteiger charge is -2.33. The highest BCUT2D eigenvalue weighted by Crippen LogP contribution is 2.16. The molecule has 1 atom stereocenters. The van der Waals surface area contributed by atoms with Crippen LogP contribution in [0.5, 0.6) is 0 Å². The van der Waals surface area contributed by atoms with Gasteiger partial charge in [0.1, 0.15) is 5.82 Å². The van der Waals surface area contributed by atoms with Crippen LogP contribution in [0.2, 0.25) is 0 Å². The van der Waals surface area contributed by atoms with E-state index in [4.69, 9.17) is 5.11 Å². The van der Waals surface area contributed by atoms with Crippen LogP contribution in [-0.4, -0.2) is 46.6 Å². The Bertz CT molecular complexity index is 490. The zero-order chi connectivity index (χ0) is 15.2. The number of aryl methyl sites for hydroxylation is 1. The fraction of sp³-hybridized carbons (Fsp3) is 0.625. The summed E-state index contributed by atoms with van der Waals surface area (Å²) in [6.45, 7) is 7.22. The molecule has 0 aliphatic carbocycles. The molecular formula is C16H25N3O2. The van der Waals surface area contributed by atoms with Crippen LogP contribution in [0.15, 0.2) is 12.1 Å². The Morgan fingerprint density at radius 1 is 1.48 bits per heavy atom. The molecule has 0 aromatic carbocycles. The highest BCUT2D eigenvalue weighted by molar-refractivity contribution is 5.88. The van der Waals surface area contributed by atoms with Crippen molar-refractivity contribution in [2.24, 2.45) is 0 Å². The van der Waals surface area contributed by atoms with Gasteiger partial charge in [-0.2, -0.15) is 0 Å². The highest BCUT2D eigenvalue weighted by atomic mass is 16.4. The van der Waals surface area contributed by atoms with Crippen LogP contribution in [-0.2, 0) is 0 Å². The number of carboxylic acids is 1. The number of pyridine rings is 1. The summed E-state index contributed by atoms with van der Waals surface area (Å²) in [6.07, 6.45) is 5.00. The van der Waals surface area contributed by atoms with E-state index in [1.807, 2.05) is 6.92 Å². The molecule has 2 N–H and O–H groups in total. The number of nitrogens with one attached hydrogen (secondary N) is 1. The van der Waals surface area contributed by atoms with Crippen LogP contribution in [0.3, 0.4) is 0 Å². The summed E-state index contributed by atoms with van der Waals surface area (Å²) in [5.74, 6) is -0.259. The van der Waals surface area contributed by atoms with E-state index in [9.17, 15) is 4.79 Å². The van der Waals surface area contributed by atoms with Crippen LogP contribution in [0.4, 0.5) is 5.82 Å². The molecule has 1 aromatic heterocycles. The normalized spacial score (nSPS) is 19.4. The standard InChI is InChI=1S/C16H25N3O2/c1-12-10-14(16(20)21)11-15(18-12)17-7-5-9-19-8-4-3-6-13(19)2/h10-11,13H,3-9H2,1-2H3,(H,17,18)(H,20,21). The predicted octanol–water partition coefficient (Wildman–Crippen LogP) is 2.76. The molecule has 5 heteroatoms. The molecule has 0 amide bonds. The second-order valence-electron chi connectivity index (χ2n) is 5.85. The monoisotopic (exact) mass is 291 g/mol. The fourth-order valence-corrected chi connectivity index (χ4v) is 2.87. The molecule has 21 heavy (non-hydrogen) atoms. The lowest BCUT2D eigenvalue weighted by Crippen LogP contribution is -2.38. The average molecular weight is 291 g/mol. The van der Waals surface area contributed by atoms with Gasteiger partial charge in [-0.15, -0.1) is 0 Å². The molecule has 2 rings (SSSR count). The summed E-state index contributed by atoms with van der Waals surface area (Å²) < 4.78 is 0. The Balaban J connectivity index is 1.79. The van der Waals surface area contributed by atoms with Gasteiger partial charge in [-0.05, 0) is 51.8 Å². The Hall–Kier alpha value is -1.62. The van der Waals surface area contributed by atoms with Crippen LogP contribution in [0.1, 0.15) is 48.7 Å². The first-order valence-corrected chi connectivity index (χ1v) is 7.76. The maximum Gasteiger partial charge on any atom is 0.335 e. The van der Waals surface area contributed by atoms with E-state index in [1.165, 1.54) is 25.8 Å². The molecule has 1 fully saturated rings. The third-order valence-electron chi connectivity index (χ3n) is 4.07. The van der Waals surface area contributed by atoms with Crippen LogP contribution >= 0.6 is 0 Å². The van der Waals surface area contributed by atoms with Crippen LogP contribution in [0, 0.1) is 6.92 Å². The van der Waals surface area contributed by atoms with E-state index >= 15 is 0 Å². The van der Waals surface area contributed by atoms with Gasteiger partial charge in [-0.25, -0.2) is 9.78 Å². The molecule has 0 bridgehead atoms. The maximum absolute atomic E-state index is 11.0. The lowest BCUT2D eigenvalue weighted by molar-refractivity contribution is 0.0696. The Morgan fingerprint density at radius 3 is 3.00 bits per heavy atom. The molecule has 1 aliphatic rings. The third-order valence-corrected chi connectivity index (χ3v) is 4.07. The second-order valence-corrected chi connectivity index (χ2v) is 5.85. The maximum atomic E-state index is 11.0. The minimum atomic E-state index is -0.911. The number of piperidine rings is 1. The number of rotatable bonds is 6. The van der Waals surface area contributed by atoms with E-state index in [1.54, 1.807) is 12.1 Å². The second kappa shape index (κ2) is 7.41. The van der Waals surface area contributed by atoms with Crippen molar-refractivity contribution in [1.82, 2.24) is 9.88 Å². The summed E-state index contributed by atoms with van der Waals surface area (Å²) >= 11 is 0. The van der Waals surface area contributed by atoms with Crippen molar-refractivity contribution in [2.45, 2.75) is 45.6 Å². The minimum absolute atomic E-state index is 0.287. The SMILES string of the molecule is Cc1cc(C(=O)O)cc(NCCCN2CCCCC2C)n1. The molecule has 0 saturated carbocycles. The predicted molar refractivity (Wildman–Crippen MR) is 83.9 cm³/mol. The molecule has 1 aliphatic heterocycles. The van der Waals surface area contributed by atoms with Gasteiger partial charge >= 0.3 is 5.97 Å². The Kier molecular flexibility index (Phi) is 5.56. The van der Waals surface area contributed by atoms with Crippen molar-refractivity contribution in [3.8, 4) is 0 Å². The van der Waals surface area contributed by atoms with Crippen molar-refractivity contribution < 1.29 is 9.90 Å². The van der Waals surface area contributed by atoms with Crippen LogP contribution < -0.4 is 5.32 Å². The smallest absolute Gasteiger partial charge is 0.335 e. The number of anilines is 1. The summed E-state index contributed by atoms with van der Waals surface area (Å²) in [6, 6.07) is 3.87. The van der Waals surface area contributed by atoms with Gasteiger partial charge in [0.05, 0.1) is 5.56 Å².